The van der Waals surface area contributed by atoms with Crippen molar-refractivity contribution in [3.05, 3.63) is 101 Å². The lowest BCUT2D eigenvalue weighted by atomic mass is 9.77. The summed E-state index contributed by atoms with van der Waals surface area (Å²) in [4.78, 5) is 12.8. The fourth-order valence-electron chi connectivity index (χ4n) is 4.24. The molecule has 3 aromatic rings. The van der Waals surface area contributed by atoms with Gasteiger partial charge in [-0.2, -0.15) is 0 Å². The molecule has 0 radical (unpaired) electrons. The first-order valence-electron chi connectivity index (χ1n) is 10.4. The maximum Gasteiger partial charge on any atom is 0.156 e. The molecular formula is C27H24O5. The Hall–Kier alpha value is -3.99. The van der Waals surface area contributed by atoms with Gasteiger partial charge in [-0.05, 0) is 83.0 Å². The number of ketones is 1. The Bertz CT molecular complexity index is 1150. The number of aromatic hydroxyl groups is 4. The van der Waals surface area contributed by atoms with Crippen LogP contribution in [-0.4, -0.2) is 26.2 Å². The van der Waals surface area contributed by atoms with Gasteiger partial charge >= 0.3 is 0 Å². The van der Waals surface area contributed by atoms with Gasteiger partial charge in [-0.15, -0.1) is 0 Å². The molecule has 0 heterocycles. The number of phenols is 4. The van der Waals surface area contributed by atoms with Gasteiger partial charge in [0.05, 0.1) is 0 Å². The molecule has 0 spiro atoms. The summed E-state index contributed by atoms with van der Waals surface area (Å²) in [5, 5.41) is 39.3. The van der Waals surface area contributed by atoms with E-state index < -0.39 is 0 Å². The minimum absolute atomic E-state index is 0.0136. The molecule has 0 fully saturated rings. The normalized spacial score (nSPS) is 19.0. The number of carbonyl (C=O) groups is 1. The monoisotopic (exact) mass is 428 g/mol. The van der Waals surface area contributed by atoms with Crippen LogP contribution in [0.25, 0.3) is 6.08 Å². The minimum Gasteiger partial charge on any atom is -0.508 e. The van der Waals surface area contributed by atoms with E-state index in [4.69, 9.17) is 0 Å². The molecule has 5 nitrogen and oxygen atoms in total. The summed E-state index contributed by atoms with van der Waals surface area (Å²) in [6, 6.07) is 18.1. The van der Waals surface area contributed by atoms with Gasteiger partial charge in [0.25, 0.3) is 0 Å². The average Bonchev–Trinajstić information content (AvgIpc) is 2.92. The first-order chi connectivity index (χ1) is 15.4. The molecule has 2 atom stereocenters. The van der Waals surface area contributed by atoms with Gasteiger partial charge < -0.3 is 20.4 Å². The van der Waals surface area contributed by atoms with Crippen LogP contribution in [-0.2, 0) is 4.79 Å². The van der Waals surface area contributed by atoms with E-state index in [0.29, 0.717) is 6.42 Å². The van der Waals surface area contributed by atoms with Crippen LogP contribution in [0.4, 0.5) is 0 Å². The first-order valence-corrected chi connectivity index (χ1v) is 10.4. The third-order valence-corrected chi connectivity index (χ3v) is 5.77. The van der Waals surface area contributed by atoms with E-state index in [0.717, 1.165) is 22.3 Å². The van der Waals surface area contributed by atoms with Gasteiger partial charge in [-0.3, -0.25) is 4.79 Å². The Balaban J connectivity index is 1.72. The van der Waals surface area contributed by atoms with Crippen molar-refractivity contribution in [3.63, 3.8) is 0 Å². The Morgan fingerprint density at radius 2 is 1.19 bits per heavy atom. The van der Waals surface area contributed by atoms with Crippen LogP contribution in [0.5, 0.6) is 23.0 Å². The SMILES string of the molecule is O=C1C=C(/C=C/c2ccc(O)cc2)C[C@H](c2cc(O)cc(O)c2)[C@@H](c2ccc(O)cc2)C1. The van der Waals surface area contributed by atoms with Gasteiger partial charge in [-0.1, -0.05) is 36.4 Å². The maximum absolute atomic E-state index is 12.8. The van der Waals surface area contributed by atoms with Crippen LogP contribution in [0, 0.1) is 0 Å². The highest BCUT2D eigenvalue weighted by Crippen LogP contribution is 2.44. The minimum atomic E-state index is -0.194. The van der Waals surface area contributed by atoms with E-state index in [9.17, 15) is 25.2 Å². The zero-order valence-corrected chi connectivity index (χ0v) is 17.3. The lowest BCUT2D eigenvalue weighted by molar-refractivity contribution is -0.115. The standard InChI is InChI=1S/C27H24O5/c28-21-7-3-17(4-8-21)1-2-18-11-23(30)16-27(19-5-9-22(29)10-6-19)26(12-18)20-13-24(31)15-25(32)14-20/h1-11,13-15,26-29,31-32H,12,16H2/b2-1+/t26-,27-/m1/s1. The molecule has 1 aliphatic carbocycles. The van der Waals surface area contributed by atoms with E-state index in [-0.39, 0.29) is 47.0 Å². The number of allylic oxidation sites excluding steroid dienone is 3. The van der Waals surface area contributed by atoms with E-state index in [1.165, 1.54) is 6.07 Å². The second-order valence-corrected chi connectivity index (χ2v) is 8.11. The van der Waals surface area contributed by atoms with Gasteiger partial charge in [0, 0.05) is 12.5 Å². The lowest BCUT2D eigenvalue weighted by Gasteiger charge is -2.26. The summed E-state index contributed by atoms with van der Waals surface area (Å²) in [6.45, 7) is 0. The van der Waals surface area contributed by atoms with Crippen molar-refractivity contribution < 1.29 is 25.2 Å². The molecule has 5 heteroatoms. The topological polar surface area (TPSA) is 98.0 Å². The average molecular weight is 428 g/mol. The molecule has 32 heavy (non-hydrogen) atoms. The van der Waals surface area contributed by atoms with Crippen molar-refractivity contribution in [3.8, 4) is 23.0 Å². The Kier molecular flexibility index (Phi) is 5.99. The van der Waals surface area contributed by atoms with Gasteiger partial charge in [0.2, 0.25) is 0 Å². The zero-order valence-electron chi connectivity index (χ0n) is 17.3. The quantitative estimate of drug-likeness (QED) is 0.447. The number of hydrogen-bond donors (Lipinski definition) is 4. The highest BCUT2D eigenvalue weighted by molar-refractivity contribution is 5.92. The van der Waals surface area contributed by atoms with Crippen LogP contribution in [0.15, 0.2) is 84.5 Å². The summed E-state index contributed by atoms with van der Waals surface area (Å²) in [5.41, 5.74) is 3.36. The van der Waals surface area contributed by atoms with E-state index >= 15 is 0 Å². The molecule has 0 unspecified atom stereocenters. The summed E-state index contributed by atoms with van der Waals surface area (Å²) < 4.78 is 0. The van der Waals surface area contributed by atoms with Crippen molar-refractivity contribution in [2.45, 2.75) is 24.7 Å². The molecule has 0 aromatic heterocycles. The number of rotatable bonds is 4. The van der Waals surface area contributed by atoms with Crippen molar-refractivity contribution in [1.29, 1.82) is 0 Å². The largest absolute Gasteiger partial charge is 0.508 e. The van der Waals surface area contributed by atoms with Gasteiger partial charge in [0.15, 0.2) is 5.78 Å². The second-order valence-electron chi connectivity index (χ2n) is 8.11. The van der Waals surface area contributed by atoms with Crippen molar-refractivity contribution in [2.75, 3.05) is 0 Å². The molecular weight excluding hydrogens is 404 g/mol. The fourth-order valence-corrected chi connectivity index (χ4v) is 4.24. The highest BCUT2D eigenvalue weighted by atomic mass is 16.3. The third-order valence-electron chi connectivity index (χ3n) is 5.77. The van der Waals surface area contributed by atoms with E-state index in [1.807, 2.05) is 12.2 Å². The van der Waals surface area contributed by atoms with E-state index in [2.05, 4.69) is 0 Å². The van der Waals surface area contributed by atoms with Crippen LogP contribution < -0.4 is 0 Å². The number of hydrogen-bond acceptors (Lipinski definition) is 5. The maximum atomic E-state index is 12.8. The van der Waals surface area contributed by atoms with Crippen molar-refractivity contribution >= 4 is 11.9 Å². The molecule has 3 aromatic carbocycles. The molecule has 1 aliphatic rings. The van der Waals surface area contributed by atoms with Gasteiger partial charge in [-0.25, -0.2) is 0 Å². The number of carbonyl (C=O) groups excluding carboxylic acids is 1. The molecule has 4 N–H and O–H groups in total. The van der Waals surface area contributed by atoms with E-state index in [1.54, 1.807) is 66.7 Å². The fraction of sp³-hybridized carbons (Fsp3) is 0.148. The predicted octanol–water partition coefficient (Wildman–Crippen LogP) is 5.38. The number of benzene rings is 3. The molecule has 0 saturated heterocycles. The molecule has 0 saturated carbocycles. The summed E-state index contributed by atoms with van der Waals surface area (Å²) in [7, 11) is 0. The third kappa shape index (κ3) is 5.01. The van der Waals surface area contributed by atoms with Gasteiger partial charge in [0.1, 0.15) is 23.0 Å². The first kappa shape index (κ1) is 21.2. The summed E-state index contributed by atoms with van der Waals surface area (Å²) in [6.07, 6.45) is 6.21. The molecule has 0 amide bonds. The van der Waals surface area contributed by atoms with Crippen LogP contribution in [0.3, 0.4) is 0 Å². The molecule has 0 bridgehead atoms. The Labute approximate surface area is 186 Å². The van der Waals surface area contributed by atoms with Crippen molar-refractivity contribution in [2.24, 2.45) is 0 Å². The number of phenolic OH excluding ortho intramolecular Hbond substituents is 4. The second kappa shape index (κ2) is 9.02. The predicted molar refractivity (Wildman–Crippen MR) is 123 cm³/mol. The molecule has 162 valence electrons. The smallest absolute Gasteiger partial charge is 0.156 e. The summed E-state index contributed by atoms with van der Waals surface area (Å²) >= 11 is 0. The zero-order chi connectivity index (χ0) is 22.7. The molecule has 0 aliphatic heterocycles. The van der Waals surface area contributed by atoms with Crippen LogP contribution >= 0.6 is 0 Å². The van der Waals surface area contributed by atoms with Crippen LogP contribution in [0.1, 0.15) is 41.4 Å². The highest BCUT2D eigenvalue weighted by Gasteiger charge is 2.30. The van der Waals surface area contributed by atoms with Crippen molar-refractivity contribution in [1.82, 2.24) is 0 Å². The molecule has 4 rings (SSSR count). The summed E-state index contributed by atoms with van der Waals surface area (Å²) in [5.74, 6) is -0.127. The Morgan fingerprint density at radius 1 is 0.625 bits per heavy atom. The van der Waals surface area contributed by atoms with Crippen LogP contribution in [0.2, 0.25) is 0 Å². The lowest BCUT2D eigenvalue weighted by Crippen LogP contribution is -2.13. The Morgan fingerprint density at radius 3 is 1.81 bits per heavy atom.